The summed E-state index contributed by atoms with van der Waals surface area (Å²) in [5, 5.41) is 1.84. The van der Waals surface area contributed by atoms with E-state index in [9.17, 15) is 18.0 Å². The van der Waals surface area contributed by atoms with Gasteiger partial charge in [-0.25, -0.2) is 13.4 Å². The number of hydrogen-bond acceptors (Lipinski definition) is 7. The number of methoxy groups -OCH3 is 1. The van der Waals surface area contributed by atoms with E-state index in [2.05, 4.69) is 9.71 Å². The normalized spacial score (nSPS) is 15.1. The summed E-state index contributed by atoms with van der Waals surface area (Å²) in [6.45, 7) is 0.959. The third kappa shape index (κ3) is 5.24. The van der Waals surface area contributed by atoms with Gasteiger partial charge in [-0.05, 0) is 37.1 Å². The van der Waals surface area contributed by atoms with E-state index in [1.165, 1.54) is 19.2 Å². The van der Waals surface area contributed by atoms with Crippen LogP contribution >= 0.6 is 11.3 Å². The summed E-state index contributed by atoms with van der Waals surface area (Å²) in [5.74, 6) is -0.0655. The van der Waals surface area contributed by atoms with E-state index in [0.717, 1.165) is 11.3 Å². The molecule has 1 saturated heterocycles. The Morgan fingerprint density at radius 1 is 1.28 bits per heavy atom. The number of aromatic nitrogens is 1. The number of anilines is 1. The highest BCUT2D eigenvalue weighted by molar-refractivity contribution is 7.93. The minimum Gasteiger partial charge on any atom is -0.497 e. The van der Waals surface area contributed by atoms with Crippen molar-refractivity contribution < 1.29 is 22.7 Å². The molecule has 0 bridgehead atoms. The van der Waals surface area contributed by atoms with Gasteiger partial charge in [0.2, 0.25) is 11.8 Å². The van der Waals surface area contributed by atoms with Gasteiger partial charge < -0.3 is 15.4 Å². The number of amides is 2. The third-order valence-electron chi connectivity index (χ3n) is 4.73. The van der Waals surface area contributed by atoms with Crippen molar-refractivity contribution in [1.82, 2.24) is 9.88 Å². The van der Waals surface area contributed by atoms with Gasteiger partial charge in [0.1, 0.15) is 5.75 Å². The first-order valence-corrected chi connectivity index (χ1v) is 11.3. The Bertz CT molecular complexity index is 980. The Kier molecular flexibility index (Phi) is 6.38. The molecule has 9 nitrogen and oxygen atoms in total. The Balaban J connectivity index is 1.59. The molecule has 1 aromatic carbocycles. The predicted octanol–water partition coefficient (Wildman–Crippen LogP) is 1.22. The first-order valence-electron chi connectivity index (χ1n) is 8.97. The van der Waals surface area contributed by atoms with E-state index in [4.69, 9.17) is 10.5 Å². The number of rotatable bonds is 7. The SMILES string of the molecule is COc1ccc(S(=O)(=O)Nc2nc(CC(=O)N3CCC(C(N)=O)CC3)cs2)cc1. The van der Waals surface area contributed by atoms with E-state index >= 15 is 0 Å². The number of thiazole rings is 1. The van der Waals surface area contributed by atoms with Crippen LogP contribution in [0.3, 0.4) is 0 Å². The van der Waals surface area contributed by atoms with E-state index in [0.29, 0.717) is 37.4 Å². The molecule has 2 aromatic rings. The fourth-order valence-corrected chi connectivity index (χ4v) is 5.01. The molecule has 3 rings (SSSR count). The molecule has 3 N–H and O–H groups in total. The number of benzene rings is 1. The zero-order valence-electron chi connectivity index (χ0n) is 15.8. The van der Waals surface area contributed by atoms with Gasteiger partial charge in [0, 0.05) is 24.4 Å². The lowest BCUT2D eigenvalue weighted by molar-refractivity contribution is -0.134. The fourth-order valence-electron chi connectivity index (χ4n) is 3.04. The van der Waals surface area contributed by atoms with Crippen molar-refractivity contribution in [3.63, 3.8) is 0 Å². The second-order valence-electron chi connectivity index (χ2n) is 6.66. The Labute approximate surface area is 172 Å². The molecule has 156 valence electrons. The van der Waals surface area contributed by atoms with Crippen LogP contribution < -0.4 is 15.2 Å². The number of piperidine rings is 1. The van der Waals surface area contributed by atoms with Crippen molar-refractivity contribution in [3.05, 3.63) is 35.3 Å². The number of primary amides is 1. The maximum atomic E-state index is 12.5. The molecule has 1 aliphatic heterocycles. The van der Waals surface area contributed by atoms with Gasteiger partial charge in [-0.2, -0.15) is 0 Å². The molecule has 11 heteroatoms. The van der Waals surface area contributed by atoms with E-state index in [-0.39, 0.29) is 34.2 Å². The molecular weight excluding hydrogens is 416 g/mol. The highest BCUT2D eigenvalue weighted by atomic mass is 32.2. The van der Waals surface area contributed by atoms with Crippen LogP contribution in [-0.4, -0.2) is 50.3 Å². The maximum absolute atomic E-state index is 12.5. The molecule has 1 fully saturated rings. The molecule has 1 aliphatic rings. The van der Waals surface area contributed by atoms with Gasteiger partial charge in [0.25, 0.3) is 10.0 Å². The summed E-state index contributed by atoms with van der Waals surface area (Å²) in [4.78, 5) is 29.6. The number of hydrogen-bond donors (Lipinski definition) is 2. The number of carbonyl (C=O) groups is 2. The molecule has 0 aliphatic carbocycles. The number of nitrogens with two attached hydrogens (primary N) is 1. The zero-order chi connectivity index (χ0) is 21.0. The highest BCUT2D eigenvalue weighted by Crippen LogP contribution is 2.23. The third-order valence-corrected chi connectivity index (χ3v) is 7.02. The Morgan fingerprint density at radius 2 is 1.93 bits per heavy atom. The van der Waals surface area contributed by atoms with Crippen molar-refractivity contribution in [2.75, 3.05) is 24.9 Å². The van der Waals surface area contributed by atoms with Crippen LogP contribution in [0.15, 0.2) is 34.5 Å². The maximum Gasteiger partial charge on any atom is 0.263 e. The van der Waals surface area contributed by atoms with E-state index in [1.54, 1.807) is 22.4 Å². The summed E-state index contributed by atoms with van der Waals surface area (Å²) in [7, 11) is -2.28. The van der Waals surface area contributed by atoms with E-state index < -0.39 is 10.0 Å². The number of likely N-dealkylation sites (tertiary alicyclic amines) is 1. The van der Waals surface area contributed by atoms with Crippen molar-refractivity contribution in [1.29, 1.82) is 0 Å². The summed E-state index contributed by atoms with van der Waals surface area (Å²) >= 11 is 1.11. The van der Waals surface area contributed by atoms with Gasteiger partial charge in [-0.3, -0.25) is 14.3 Å². The molecule has 29 heavy (non-hydrogen) atoms. The Hall–Kier alpha value is -2.66. The molecule has 2 heterocycles. The lowest BCUT2D eigenvalue weighted by atomic mass is 9.96. The predicted molar refractivity (Wildman–Crippen MR) is 108 cm³/mol. The number of nitrogens with one attached hydrogen (secondary N) is 1. The minimum atomic E-state index is -3.78. The molecule has 1 aromatic heterocycles. The molecule has 0 saturated carbocycles. The summed E-state index contributed by atoms with van der Waals surface area (Å²) in [6.07, 6.45) is 1.19. The van der Waals surface area contributed by atoms with Crippen LogP contribution in [0, 0.1) is 5.92 Å². The van der Waals surface area contributed by atoms with E-state index in [1.807, 2.05) is 0 Å². The van der Waals surface area contributed by atoms with Gasteiger partial charge in [0.05, 0.1) is 24.1 Å². The van der Waals surface area contributed by atoms with Crippen LogP contribution in [-0.2, 0) is 26.0 Å². The standard InChI is InChI=1S/C18H22N4O5S2/c1-27-14-2-4-15(5-3-14)29(25,26)21-18-20-13(11-28-18)10-16(23)22-8-6-12(7-9-22)17(19)24/h2-5,11-12H,6-10H2,1H3,(H2,19,24)(H,20,21). The van der Waals surface area contributed by atoms with Crippen LogP contribution in [0.25, 0.3) is 0 Å². The molecular formula is C18H22N4O5S2. The second kappa shape index (κ2) is 8.78. The number of ether oxygens (including phenoxy) is 1. The average Bonchev–Trinajstić information content (AvgIpc) is 3.14. The molecule has 0 atom stereocenters. The van der Waals surface area contributed by atoms with Gasteiger partial charge in [-0.1, -0.05) is 0 Å². The van der Waals surface area contributed by atoms with Crippen molar-refractivity contribution >= 4 is 38.3 Å². The first-order chi connectivity index (χ1) is 13.8. The van der Waals surface area contributed by atoms with Gasteiger partial charge in [-0.15, -0.1) is 11.3 Å². The summed E-state index contributed by atoms with van der Waals surface area (Å²) < 4.78 is 32.4. The highest BCUT2D eigenvalue weighted by Gasteiger charge is 2.26. The number of nitrogens with zero attached hydrogens (tertiary/aromatic N) is 2. The van der Waals surface area contributed by atoms with Crippen molar-refractivity contribution in [2.45, 2.75) is 24.2 Å². The summed E-state index contributed by atoms with van der Waals surface area (Å²) in [5.41, 5.74) is 5.80. The molecule has 0 radical (unpaired) electrons. The van der Waals surface area contributed by atoms with Gasteiger partial charge in [0.15, 0.2) is 5.13 Å². The van der Waals surface area contributed by atoms with Crippen molar-refractivity contribution in [2.24, 2.45) is 11.7 Å². The molecule has 2 amide bonds. The van der Waals surface area contributed by atoms with Gasteiger partial charge >= 0.3 is 0 Å². The average molecular weight is 439 g/mol. The quantitative estimate of drug-likeness (QED) is 0.668. The molecule has 0 spiro atoms. The monoisotopic (exact) mass is 438 g/mol. The minimum absolute atomic E-state index is 0.0714. The van der Waals surface area contributed by atoms with Crippen LogP contribution in [0.5, 0.6) is 5.75 Å². The second-order valence-corrected chi connectivity index (χ2v) is 9.20. The largest absolute Gasteiger partial charge is 0.497 e. The van der Waals surface area contributed by atoms with Crippen molar-refractivity contribution in [3.8, 4) is 5.75 Å². The molecule has 0 unspecified atom stereocenters. The zero-order valence-corrected chi connectivity index (χ0v) is 17.5. The topological polar surface area (TPSA) is 132 Å². The Morgan fingerprint density at radius 3 is 2.52 bits per heavy atom. The van der Waals surface area contributed by atoms with Crippen LogP contribution in [0.2, 0.25) is 0 Å². The van der Waals surface area contributed by atoms with Crippen LogP contribution in [0.4, 0.5) is 5.13 Å². The first kappa shape index (κ1) is 21.1. The fraction of sp³-hybridized carbons (Fsp3) is 0.389. The number of sulfonamides is 1. The summed E-state index contributed by atoms with van der Waals surface area (Å²) in [6, 6.07) is 5.99. The lowest BCUT2D eigenvalue weighted by Gasteiger charge is -2.30. The number of carbonyl (C=O) groups excluding carboxylic acids is 2. The van der Waals surface area contributed by atoms with Crippen LogP contribution in [0.1, 0.15) is 18.5 Å². The smallest absolute Gasteiger partial charge is 0.263 e. The lowest BCUT2D eigenvalue weighted by Crippen LogP contribution is -2.42.